The highest BCUT2D eigenvalue weighted by Gasteiger charge is 2.24. The summed E-state index contributed by atoms with van der Waals surface area (Å²) >= 11 is 1.58. The number of cyclic esters (lactones) is 1. The number of aliphatic imine (C=N–C) groups is 1. The molecule has 94 valence electrons. The molecule has 0 saturated heterocycles. The van der Waals surface area contributed by atoms with Crippen LogP contribution >= 0.6 is 11.3 Å². The Kier molecular flexibility index (Phi) is 3.01. The van der Waals surface area contributed by atoms with Crippen LogP contribution in [0.3, 0.4) is 0 Å². The highest BCUT2D eigenvalue weighted by molar-refractivity contribution is 7.08. The second-order valence-corrected chi connectivity index (χ2v) is 5.04. The van der Waals surface area contributed by atoms with Gasteiger partial charge in [0.05, 0.1) is 0 Å². The van der Waals surface area contributed by atoms with Crippen LogP contribution in [-0.4, -0.2) is 11.9 Å². The van der Waals surface area contributed by atoms with Gasteiger partial charge in [-0.15, -0.1) is 0 Å². The molecular weight excluding hydrogens is 258 g/mol. The molecule has 3 rings (SSSR count). The predicted octanol–water partition coefficient (Wildman–Crippen LogP) is 3.40. The first-order valence-corrected chi connectivity index (χ1v) is 6.78. The zero-order valence-electron chi connectivity index (χ0n) is 10.3. The maximum absolute atomic E-state index is 11.8. The van der Waals surface area contributed by atoms with E-state index in [0.717, 1.165) is 16.7 Å². The minimum absolute atomic E-state index is 0.343. The van der Waals surface area contributed by atoms with Gasteiger partial charge in [-0.3, -0.25) is 0 Å². The lowest BCUT2D eigenvalue weighted by Crippen LogP contribution is -2.05. The van der Waals surface area contributed by atoms with Gasteiger partial charge in [0.1, 0.15) is 0 Å². The summed E-state index contributed by atoms with van der Waals surface area (Å²) in [5.74, 6) is -0.0297. The number of carbonyl (C=O) groups is 1. The highest BCUT2D eigenvalue weighted by atomic mass is 32.1. The van der Waals surface area contributed by atoms with Crippen LogP contribution in [0.1, 0.15) is 16.7 Å². The molecule has 0 fully saturated rings. The zero-order chi connectivity index (χ0) is 13.2. The Balaban J connectivity index is 1.95. The standard InChI is InChI=1S/C15H11NO2S/c1-10-3-2-4-12(7-10)14-16-13(15(17)18-14)8-11-5-6-19-9-11/h2-9H,1H3. The van der Waals surface area contributed by atoms with E-state index in [-0.39, 0.29) is 0 Å². The number of nitrogens with zero attached hydrogens (tertiary/aromatic N) is 1. The summed E-state index contributed by atoms with van der Waals surface area (Å²) in [6.07, 6.45) is 1.74. The minimum Gasteiger partial charge on any atom is -0.402 e. The second-order valence-electron chi connectivity index (χ2n) is 4.26. The highest BCUT2D eigenvalue weighted by Crippen LogP contribution is 2.20. The summed E-state index contributed by atoms with van der Waals surface area (Å²) in [4.78, 5) is 16.0. The van der Waals surface area contributed by atoms with Gasteiger partial charge in [-0.05, 0) is 47.5 Å². The van der Waals surface area contributed by atoms with E-state index in [0.29, 0.717) is 11.6 Å². The van der Waals surface area contributed by atoms with Gasteiger partial charge < -0.3 is 4.74 Å². The van der Waals surface area contributed by atoms with Crippen LogP contribution in [0.5, 0.6) is 0 Å². The minimum atomic E-state index is -0.400. The van der Waals surface area contributed by atoms with Crippen molar-refractivity contribution in [1.29, 1.82) is 0 Å². The number of rotatable bonds is 2. The second kappa shape index (κ2) is 4.82. The summed E-state index contributed by atoms with van der Waals surface area (Å²) in [5.41, 5.74) is 3.23. The molecule has 1 aromatic heterocycles. The summed E-state index contributed by atoms with van der Waals surface area (Å²) in [5, 5.41) is 3.91. The molecule has 0 amide bonds. The largest absolute Gasteiger partial charge is 0.402 e. The van der Waals surface area contributed by atoms with Gasteiger partial charge in [0.25, 0.3) is 0 Å². The average molecular weight is 269 g/mol. The van der Waals surface area contributed by atoms with Crippen molar-refractivity contribution in [2.45, 2.75) is 6.92 Å². The Morgan fingerprint density at radius 1 is 1.32 bits per heavy atom. The monoisotopic (exact) mass is 269 g/mol. The van der Waals surface area contributed by atoms with E-state index in [1.807, 2.05) is 48.0 Å². The molecule has 0 unspecified atom stereocenters. The Morgan fingerprint density at radius 2 is 2.21 bits per heavy atom. The third-order valence-electron chi connectivity index (χ3n) is 2.73. The number of hydrogen-bond acceptors (Lipinski definition) is 4. The third kappa shape index (κ3) is 2.48. The van der Waals surface area contributed by atoms with Gasteiger partial charge in [0.15, 0.2) is 5.70 Å². The number of hydrogen-bond donors (Lipinski definition) is 0. The van der Waals surface area contributed by atoms with E-state index in [9.17, 15) is 4.79 Å². The summed E-state index contributed by atoms with van der Waals surface area (Å²) < 4.78 is 5.21. The van der Waals surface area contributed by atoms with Crippen LogP contribution in [0.15, 0.2) is 51.8 Å². The van der Waals surface area contributed by atoms with E-state index in [4.69, 9.17) is 4.74 Å². The van der Waals surface area contributed by atoms with Crippen molar-refractivity contribution < 1.29 is 9.53 Å². The lowest BCUT2D eigenvalue weighted by molar-refractivity contribution is -0.129. The molecule has 0 bridgehead atoms. The number of ether oxygens (including phenoxy) is 1. The molecule has 2 heterocycles. The van der Waals surface area contributed by atoms with Gasteiger partial charge in [-0.2, -0.15) is 11.3 Å². The van der Waals surface area contributed by atoms with Crippen LogP contribution in [0.4, 0.5) is 0 Å². The lowest BCUT2D eigenvalue weighted by Gasteiger charge is -1.99. The fourth-order valence-electron chi connectivity index (χ4n) is 1.83. The van der Waals surface area contributed by atoms with E-state index in [1.54, 1.807) is 17.4 Å². The molecule has 1 aliphatic heterocycles. The van der Waals surface area contributed by atoms with Crippen molar-refractivity contribution in [3.05, 3.63) is 63.5 Å². The number of carbonyl (C=O) groups excluding carboxylic acids is 1. The topological polar surface area (TPSA) is 38.7 Å². The predicted molar refractivity (Wildman–Crippen MR) is 76.1 cm³/mol. The fraction of sp³-hybridized carbons (Fsp3) is 0.0667. The maximum Gasteiger partial charge on any atom is 0.363 e. The van der Waals surface area contributed by atoms with Crippen molar-refractivity contribution in [3.8, 4) is 0 Å². The van der Waals surface area contributed by atoms with Gasteiger partial charge in [0, 0.05) is 5.56 Å². The molecule has 0 aliphatic carbocycles. The molecule has 4 heteroatoms. The van der Waals surface area contributed by atoms with Crippen LogP contribution in [0.25, 0.3) is 6.08 Å². The van der Waals surface area contributed by atoms with Crippen molar-refractivity contribution in [3.63, 3.8) is 0 Å². The van der Waals surface area contributed by atoms with Gasteiger partial charge in [-0.25, -0.2) is 9.79 Å². The first-order chi connectivity index (χ1) is 9.22. The summed E-state index contributed by atoms with van der Waals surface area (Å²) in [7, 11) is 0. The van der Waals surface area contributed by atoms with Crippen LogP contribution in [0.2, 0.25) is 0 Å². The Labute approximate surface area is 114 Å². The molecule has 3 nitrogen and oxygen atoms in total. The first-order valence-electron chi connectivity index (χ1n) is 5.84. The molecule has 0 saturated carbocycles. The molecule has 1 aliphatic rings. The summed E-state index contributed by atoms with van der Waals surface area (Å²) in [6, 6.07) is 9.67. The molecule has 1 aromatic carbocycles. The Bertz CT molecular complexity index is 684. The van der Waals surface area contributed by atoms with Crippen molar-refractivity contribution >= 4 is 29.3 Å². The zero-order valence-corrected chi connectivity index (χ0v) is 11.1. The van der Waals surface area contributed by atoms with Crippen molar-refractivity contribution in [2.24, 2.45) is 4.99 Å². The molecule has 0 radical (unpaired) electrons. The molecule has 0 N–H and O–H groups in total. The fourth-order valence-corrected chi connectivity index (χ4v) is 2.44. The van der Waals surface area contributed by atoms with Gasteiger partial charge >= 0.3 is 5.97 Å². The molecule has 0 spiro atoms. The molecule has 19 heavy (non-hydrogen) atoms. The third-order valence-corrected chi connectivity index (χ3v) is 3.43. The number of esters is 1. The van der Waals surface area contributed by atoms with E-state index in [1.165, 1.54) is 0 Å². The lowest BCUT2D eigenvalue weighted by atomic mass is 10.1. The van der Waals surface area contributed by atoms with Gasteiger partial charge in [0.2, 0.25) is 5.90 Å². The molecular formula is C15H11NO2S. The Hall–Kier alpha value is -2.20. The Morgan fingerprint density at radius 3 is 2.95 bits per heavy atom. The maximum atomic E-state index is 11.8. The number of thiophene rings is 1. The van der Waals surface area contributed by atoms with Crippen molar-refractivity contribution in [2.75, 3.05) is 0 Å². The average Bonchev–Trinajstić information content (AvgIpc) is 3.01. The molecule has 2 aromatic rings. The van der Waals surface area contributed by atoms with Crippen molar-refractivity contribution in [1.82, 2.24) is 0 Å². The SMILES string of the molecule is Cc1cccc(C2=NC(=Cc3ccsc3)C(=O)O2)c1. The number of benzene rings is 1. The molecule has 0 atom stereocenters. The van der Waals surface area contributed by atoms with E-state index < -0.39 is 5.97 Å². The van der Waals surface area contributed by atoms with E-state index >= 15 is 0 Å². The normalized spacial score (nSPS) is 16.6. The smallest absolute Gasteiger partial charge is 0.363 e. The van der Waals surface area contributed by atoms with Crippen LogP contribution < -0.4 is 0 Å². The van der Waals surface area contributed by atoms with Gasteiger partial charge in [-0.1, -0.05) is 17.7 Å². The van der Waals surface area contributed by atoms with Crippen LogP contribution in [-0.2, 0) is 9.53 Å². The quantitative estimate of drug-likeness (QED) is 0.619. The number of aryl methyl sites for hydroxylation is 1. The van der Waals surface area contributed by atoms with Crippen LogP contribution in [0, 0.1) is 6.92 Å². The first kappa shape index (κ1) is 11.9. The summed E-state index contributed by atoms with van der Waals surface area (Å²) in [6.45, 7) is 1.99. The van der Waals surface area contributed by atoms with E-state index in [2.05, 4.69) is 4.99 Å².